The van der Waals surface area contributed by atoms with Crippen LogP contribution in [0.3, 0.4) is 0 Å². The lowest BCUT2D eigenvalue weighted by Gasteiger charge is -2.75. The number of ether oxygens (including phenoxy) is 13. The number of fused-ring (bicyclic) bond motifs is 4. The lowest BCUT2D eigenvalue weighted by Crippen LogP contribution is -2.76. The van der Waals surface area contributed by atoms with Crippen molar-refractivity contribution in [3.63, 3.8) is 0 Å². The standard InChI is InChI=1S/C67H106O31/c1-11-12-13-14-38(72)91-36-22-60(4,5)21-34-66-20-16-33-62(8)18-17-35(61(6,7)32(62)15-19-63(33,9)64(66,10)23-37(88-29(3)71)67(34,36)59(84)98-66)92-57-51(97-54-45(79)42(76)40(74)30(24-68)89-54)47(46(80)48(94-57)53(82)83)93-56-50(44(78)41(75)31(25-69)90-56)95-55-49(43(77)39(73)28(2)87-55)96-58-52(81)65(85,26-70)27-86-58/h13-14,28,30-37,39-52,54-59,68-70,73-81,84-85H,11-12,15-27H2,1-10H3,(H,82,83)/b14-13+/t28-,30+,31+,32?,33?,34-,35-,36?,37+,39-,40-,41-,42-,43+,44-,45+,46-,47-,48-,49+,50?,51+,52-,54?,55-,56-,57+,58-,59+,62-,63+,64-,65+,66-,67?/m0/s1. The Bertz CT molecular complexity index is 2870. The third-order valence-corrected chi connectivity index (χ3v) is 25.6. The minimum atomic E-state index is -2.35. The van der Waals surface area contributed by atoms with Crippen LogP contribution in [0, 0.1) is 50.2 Å². The molecule has 1 spiro atoms. The van der Waals surface area contributed by atoms with Crippen molar-refractivity contribution in [3.05, 3.63) is 12.2 Å². The predicted molar refractivity (Wildman–Crippen MR) is 328 cm³/mol. The summed E-state index contributed by atoms with van der Waals surface area (Å²) in [4.78, 5) is 40.6. The Balaban J connectivity index is 0.916. The molecule has 11 rings (SSSR count). The number of hydrogen-bond donors (Lipinski definition) is 15. The molecular weight excluding hydrogens is 1300 g/mol. The second kappa shape index (κ2) is 27.9. The molecule has 31 nitrogen and oxygen atoms in total. The molecule has 0 radical (unpaired) electrons. The van der Waals surface area contributed by atoms with Crippen LogP contribution >= 0.6 is 0 Å². The van der Waals surface area contributed by atoms with Gasteiger partial charge in [-0.05, 0) is 105 Å². The molecule has 31 heteroatoms. The molecule has 560 valence electrons. The largest absolute Gasteiger partial charge is 0.479 e. The molecule has 35 atom stereocenters. The van der Waals surface area contributed by atoms with Gasteiger partial charge in [0, 0.05) is 24.3 Å². The number of esters is 2. The number of aliphatic carboxylic acids is 1. The Morgan fingerprint density at radius 3 is 1.78 bits per heavy atom. The van der Waals surface area contributed by atoms with Crippen molar-refractivity contribution >= 4 is 17.9 Å². The number of carboxylic acids is 1. The van der Waals surface area contributed by atoms with Gasteiger partial charge >= 0.3 is 17.9 Å². The molecule has 2 bridgehead atoms. The van der Waals surface area contributed by atoms with Crippen molar-refractivity contribution in [1.29, 1.82) is 0 Å². The van der Waals surface area contributed by atoms with Gasteiger partial charge in [0.05, 0.1) is 44.2 Å². The molecule has 98 heavy (non-hydrogen) atoms. The highest BCUT2D eigenvalue weighted by Crippen LogP contribution is 2.82. The van der Waals surface area contributed by atoms with E-state index in [1.54, 1.807) is 6.08 Å². The molecule has 5 aliphatic carbocycles. The maximum Gasteiger partial charge on any atom is 0.335 e. The van der Waals surface area contributed by atoms with E-state index in [1.807, 2.05) is 20.8 Å². The topological polar surface area (TPSA) is 475 Å². The highest BCUT2D eigenvalue weighted by Gasteiger charge is 2.85. The minimum absolute atomic E-state index is 0.0450. The highest BCUT2D eigenvalue weighted by molar-refractivity contribution is 5.82. The number of carboxylic acid groups (broad SMARTS) is 1. The Morgan fingerprint density at radius 2 is 1.15 bits per heavy atom. The van der Waals surface area contributed by atoms with Crippen LogP contribution in [0.15, 0.2) is 12.2 Å². The van der Waals surface area contributed by atoms with Gasteiger partial charge in [0.25, 0.3) is 0 Å². The normalized spacial score (nSPS) is 52.7. The summed E-state index contributed by atoms with van der Waals surface area (Å²) < 4.78 is 81.7. The number of allylic oxidation sites excluding steroid dienone is 1. The van der Waals surface area contributed by atoms with E-state index in [4.69, 9.17) is 61.6 Å². The highest BCUT2D eigenvalue weighted by atomic mass is 16.8. The van der Waals surface area contributed by atoms with Gasteiger partial charge in [0.1, 0.15) is 115 Å². The van der Waals surface area contributed by atoms with Gasteiger partial charge < -0.3 is 138 Å². The monoisotopic (exact) mass is 1410 g/mol. The second-order valence-electron chi connectivity index (χ2n) is 32.0. The van der Waals surface area contributed by atoms with Crippen molar-refractivity contribution in [2.75, 3.05) is 26.4 Å². The quantitative estimate of drug-likeness (QED) is 0.0378. The summed E-state index contributed by atoms with van der Waals surface area (Å²) in [6, 6.07) is 0. The fraction of sp³-hybridized carbons (Fsp3) is 0.925. The first-order valence-corrected chi connectivity index (χ1v) is 34.7. The van der Waals surface area contributed by atoms with Crippen molar-refractivity contribution in [3.8, 4) is 0 Å². The van der Waals surface area contributed by atoms with Gasteiger partial charge in [0.2, 0.25) is 0 Å². The summed E-state index contributed by atoms with van der Waals surface area (Å²) in [7, 11) is 0. The van der Waals surface area contributed by atoms with E-state index < -0.39 is 254 Å². The molecule has 6 aliphatic heterocycles. The third-order valence-electron chi connectivity index (χ3n) is 25.6. The van der Waals surface area contributed by atoms with Gasteiger partial charge in [-0.3, -0.25) is 4.79 Å². The van der Waals surface area contributed by atoms with Crippen molar-refractivity contribution in [1.82, 2.24) is 0 Å². The molecule has 0 aromatic carbocycles. The maximum absolute atomic E-state index is 13.7. The first-order valence-electron chi connectivity index (χ1n) is 34.7. The van der Waals surface area contributed by atoms with Crippen LogP contribution in [0.25, 0.3) is 0 Å². The summed E-state index contributed by atoms with van der Waals surface area (Å²) in [6.45, 7) is 16.1. The fourth-order valence-electron chi connectivity index (χ4n) is 20.4. The van der Waals surface area contributed by atoms with Crippen LogP contribution in [-0.4, -0.2) is 292 Å². The first-order chi connectivity index (χ1) is 45.9. The van der Waals surface area contributed by atoms with Gasteiger partial charge in [-0.25, -0.2) is 9.59 Å². The summed E-state index contributed by atoms with van der Waals surface area (Å²) >= 11 is 0. The summed E-state index contributed by atoms with van der Waals surface area (Å²) in [5.74, 6) is -3.50. The lowest BCUT2D eigenvalue weighted by atomic mass is 9.30. The predicted octanol–water partition coefficient (Wildman–Crippen LogP) is -2.00. The van der Waals surface area contributed by atoms with Crippen LogP contribution in [0.5, 0.6) is 0 Å². The van der Waals surface area contributed by atoms with E-state index in [0.717, 1.165) is 6.42 Å². The smallest absolute Gasteiger partial charge is 0.335 e. The van der Waals surface area contributed by atoms with E-state index in [9.17, 15) is 91.0 Å². The zero-order valence-corrected chi connectivity index (χ0v) is 57.2. The van der Waals surface area contributed by atoms with E-state index in [-0.39, 0.29) is 18.3 Å². The molecule has 5 saturated carbocycles. The summed E-state index contributed by atoms with van der Waals surface area (Å²) in [5, 5.41) is 168. The third kappa shape index (κ3) is 12.3. The Labute approximate surface area is 568 Å². The maximum atomic E-state index is 13.7. The first kappa shape index (κ1) is 76.3. The number of aliphatic hydroxyl groups excluding tert-OH is 13. The minimum Gasteiger partial charge on any atom is -0.479 e. The Hall–Kier alpha value is -2.85. The molecule has 0 aromatic rings. The molecule has 15 N–H and O–H groups in total. The molecule has 6 unspecified atom stereocenters. The van der Waals surface area contributed by atoms with Crippen molar-refractivity contribution in [2.24, 2.45) is 50.2 Å². The van der Waals surface area contributed by atoms with E-state index >= 15 is 0 Å². The van der Waals surface area contributed by atoms with Crippen molar-refractivity contribution < 1.29 is 153 Å². The number of aliphatic hydroxyl groups is 14. The zero-order valence-electron chi connectivity index (χ0n) is 57.2. The molecule has 11 fully saturated rings. The van der Waals surface area contributed by atoms with Gasteiger partial charge in [-0.1, -0.05) is 67.9 Å². The van der Waals surface area contributed by atoms with Gasteiger partial charge in [0.15, 0.2) is 43.8 Å². The zero-order chi connectivity index (χ0) is 71.7. The Kier molecular flexibility index (Phi) is 21.7. The van der Waals surface area contributed by atoms with Crippen molar-refractivity contribution in [2.45, 2.75) is 311 Å². The second-order valence-corrected chi connectivity index (χ2v) is 32.0. The average Bonchev–Trinajstić information content (AvgIpc) is 1.38. The molecule has 6 heterocycles. The van der Waals surface area contributed by atoms with Gasteiger partial charge in [-0.2, -0.15) is 0 Å². The van der Waals surface area contributed by atoms with Gasteiger partial charge in [-0.15, -0.1) is 0 Å². The molecule has 6 saturated heterocycles. The molecular formula is C67H106O31. The Morgan fingerprint density at radius 1 is 0.571 bits per heavy atom. The van der Waals surface area contributed by atoms with Crippen LogP contribution in [-0.2, 0) is 76.0 Å². The summed E-state index contributed by atoms with van der Waals surface area (Å²) in [5.41, 5.74) is -7.58. The van der Waals surface area contributed by atoms with Crippen LogP contribution in [0.4, 0.5) is 0 Å². The van der Waals surface area contributed by atoms with E-state index in [0.29, 0.717) is 57.8 Å². The molecule has 0 aromatic heterocycles. The lowest BCUT2D eigenvalue weighted by molar-refractivity contribution is -0.409. The number of hydrogen-bond acceptors (Lipinski definition) is 30. The number of rotatable bonds is 19. The van der Waals surface area contributed by atoms with E-state index in [2.05, 4.69) is 34.6 Å². The van der Waals surface area contributed by atoms with Crippen LogP contribution < -0.4 is 0 Å². The molecule has 0 amide bonds. The van der Waals surface area contributed by atoms with Crippen LogP contribution in [0.2, 0.25) is 0 Å². The van der Waals surface area contributed by atoms with E-state index in [1.165, 1.54) is 19.9 Å². The number of unbranched alkanes of at least 4 members (excludes halogenated alkanes) is 1. The van der Waals surface area contributed by atoms with Crippen LogP contribution in [0.1, 0.15) is 140 Å². The SMILES string of the molecule is CCC/C=C/C(=O)OC1CC(C)(C)C[C@@H]2C13[C@H](O)O[C@@]21CCC2[C@@]4(C)CC[C@H](O[C@@H]5O[C@H](C(=O)O)[C@@H](O)[C@H](O[C@@H]6O[C@H](CO)[C@H](O)[C@H](O)C6O[C@@H]6O[C@@H](C)[C@H](O)[C@@H](O)[C@H]6O[C@@H]6OC[C@](O)(CO)[C@H]6O)[C@H]5OC5O[C@H](CO)[C@H](O)[C@H](O)[C@H]5O)C(C)(C)C4CC[C@@]2(C)[C@]1(C)C[C@H]3OC(C)=O. The summed E-state index contributed by atoms with van der Waals surface area (Å²) in [6.07, 6.45) is -38.4. The number of carbonyl (C=O) groups excluding carboxylic acids is 2. The number of carbonyl (C=O) groups is 3. The average molecular weight is 1410 g/mol. The fourth-order valence-corrected chi connectivity index (χ4v) is 20.4. The molecule has 11 aliphatic rings.